The van der Waals surface area contributed by atoms with Crippen LogP contribution >= 0.6 is 15.9 Å². The van der Waals surface area contributed by atoms with E-state index in [1.165, 1.54) is 0 Å². The molecule has 0 aliphatic heterocycles. The number of aromatic nitrogens is 1. The van der Waals surface area contributed by atoms with Gasteiger partial charge < -0.3 is 10.1 Å². The third kappa shape index (κ3) is 2.91. The molecule has 2 rings (SSSR count). The minimum absolute atomic E-state index is 0.539. The number of hydrogen-bond donors (Lipinski definition) is 1. The summed E-state index contributed by atoms with van der Waals surface area (Å²) in [4.78, 5) is 4.30. The molecule has 0 unspecified atom stereocenters. The molecule has 0 radical (unpaired) electrons. The van der Waals surface area contributed by atoms with Gasteiger partial charge in [-0.3, -0.25) is 4.98 Å². The van der Waals surface area contributed by atoms with Gasteiger partial charge in [0.25, 0.3) is 0 Å². The molecule has 0 amide bonds. The normalized spacial score (nSPS) is 9.95. The zero-order valence-electron chi connectivity index (χ0n) is 11.5. The van der Waals surface area contributed by atoms with Crippen LogP contribution in [0.15, 0.2) is 28.7 Å². The molecule has 0 fully saturated rings. The fourth-order valence-corrected chi connectivity index (χ4v) is 2.35. The van der Waals surface area contributed by atoms with E-state index in [0.29, 0.717) is 17.0 Å². The van der Waals surface area contributed by atoms with Gasteiger partial charge in [-0.2, -0.15) is 5.26 Å². The smallest absolute Gasteiger partial charge is 0.142 e. The highest BCUT2D eigenvalue weighted by atomic mass is 79.9. The van der Waals surface area contributed by atoms with Crippen LogP contribution in [-0.2, 0) is 0 Å². The number of rotatable bonds is 3. The fraction of sp³-hybridized carbons (Fsp3) is 0.200. The average molecular weight is 332 g/mol. The van der Waals surface area contributed by atoms with Gasteiger partial charge in [0, 0.05) is 10.2 Å². The van der Waals surface area contributed by atoms with E-state index < -0.39 is 0 Å². The average Bonchev–Trinajstić information content (AvgIpc) is 2.38. The fourth-order valence-electron chi connectivity index (χ4n) is 1.99. The maximum absolute atomic E-state index is 9.28. The van der Waals surface area contributed by atoms with Crippen molar-refractivity contribution in [1.29, 1.82) is 5.26 Å². The molecule has 4 nitrogen and oxygen atoms in total. The van der Waals surface area contributed by atoms with Gasteiger partial charge in [0.1, 0.15) is 11.8 Å². The Morgan fingerprint density at radius 3 is 2.65 bits per heavy atom. The summed E-state index contributed by atoms with van der Waals surface area (Å²) in [6, 6.07) is 9.71. The Balaban J connectivity index is 2.50. The molecule has 0 aliphatic carbocycles. The highest BCUT2D eigenvalue weighted by Crippen LogP contribution is 2.32. The molecule has 0 spiro atoms. The summed E-state index contributed by atoms with van der Waals surface area (Å²) in [5.41, 5.74) is 3.64. The lowest BCUT2D eigenvalue weighted by Crippen LogP contribution is -2.01. The third-order valence-corrected chi connectivity index (χ3v) is 3.36. The van der Waals surface area contributed by atoms with Crippen molar-refractivity contribution >= 4 is 27.3 Å². The second-order valence-electron chi connectivity index (χ2n) is 4.35. The van der Waals surface area contributed by atoms with Crippen molar-refractivity contribution < 1.29 is 4.74 Å². The van der Waals surface area contributed by atoms with E-state index >= 15 is 0 Å². The molecule has 2 aromatic rings. The molecule has 0 saturated heterocycles. The molecule has 20 heavy (non-hydrogen) atoms. The van der Waals surface area contributed by atoms with Crippen LogP contribution in [0.1, 0.15) is 17.0 Å². The predicted molar refractivity (Wildman–Crippen MR) is 82.4 cm³/mol. The van der Waals surface area contributed by atoms with E-state index in [2.05, 4.69) is 32.3 Å². The van der Waals surface area contributed by atoms with Gasteiger partial charge in [0.2, 0.25) is 0 Å². The van der Waals surface area contributed by atoms with E-state index in [1.54, 1.807) is 7.11 Å². The second kappa shape index (κ2) is 5.93. The molecule has 5 heteroatoms. The molecular formula is C15H14BrN3O. The maximum Gasteiger partial charge on any atom is 0.142 e. The highest BCUT2D eigenvalue weighted by Gasteiger charge is 2.11. The van der Waals surface area contributed by atoms with Gasteiger partial charge in [-0.05, 0) is 38.1 Å². The van der Waals surface area contributed by atoms with Gasteiger partial charge in [-0.1, -0.05) is 15.9 Å². The molecule has 0 aliphatic rings. The summed E-state index contributed by atoms with van der Waals surface area (Å²) in [5, 5.41) is 12.5. The molecule has 1 heterocycles. The first-order valence-corrected chi connectivity index (χ1v) is 6.83. The monoisotopic (exact) mass is 331 g/mol. The first kappa shape index (κ1) is 14.4. The highest BCUT2D eigenvalue weighted by molar-refractivity contribution is 9.10. The van der Waals surface area contributed by atoms with Gasteiger partial charge in [-0.15, -0.1) is 0 Å². The van der Waals surface area contributed by atoms with Crippen LogP contribution in [0, 0.1) is 25.2 Å². The Hall–Kier alpha value is -2.06. The van der Waals surface area contributed by atoms with Crippen molar-refractivity contribution in [3.8, 4) is 11.8 Å². The van der Waals surface area contributed by atoms with E-state index in [-0.39, 0.29) is 0 Å². The molecule has 0 bridgehead atoms. The summed E-state index contributed by atoms with van der Waals surface area (Å²) in [6.45, 7) is 3.73. The van der Waals surface area contributed by atoms with E-state index in [9.17, 15) is 5.26 Å². The Labute approximate surface area is 126 Å². The quantitative estimate of drug-likeness (QED) is 0.920. The lowest BCUT2D eigenvalue weighted by Gasteiger charge is -2.14. The third-order valence-electron chi connectivity index (χ3n) is 2.87. The molecular weight excluding hydrogens is 318 g/mol. The van der Waals surface area contributed by atoms with Gasteiger partial charge in [-0.25, -0.2) is 0 Å². The maximum atomic E-state index is 9.28. The van der Waals surface area contributed by atoms with E-state index in [0.717, 1.165) is 21.5 Å². The minimum Gasteiger partial charge on any atom is -0.495 e. The van der Waals surface area contributed by atoms with Crippen LogP contribution in [0.4, 0.5) is 11.4 Å². The molecule has 1 N–H and O–H groups in total. The number of nitriles is 1. The summed E-state index contributed by atoms with van der Waals surface area (Å²) in [6.07, 6.45) is 0. The number of anilines is 2. The lowest BCUT2D eigenvalue weighted by atomic mass is 10.1. The van der Waals surface area contributed by atoms with Crippen LogP contribution in [0.25, 0.3) is 0 Å². The summed E-state index contributed by atoms with van der Waals surface area (Å²) < 4.78 is 6.26. The van der Waals surface area contributed by atoms with Crippen molar-refractivity contribution in [2.24, 2.45) is 0 Å². The lowest BCUT2D eigenvalue weighted by molar-refractivity contribution is 0.417. The molecule has 1 aromatic carbocycles. The topological polar surface area (TPSA) is 57.9 Å². The van der Waals surface area contributed by atoms with Crippen LogP contribution in [0.2, 0.25) is 0 Å². The summed E-state index contributed by atoms with van der Waals surface area (Å²) in [5.74, 6) is 0.712. The number of hydrogen-bond acceptors (Lipinski definition) is 4. The molecule has 0 atom stereocenters. The largest absolute Gasteiger partial charge is 0.495 e. The van der Waals surface area contributed by atoms with Gasteiger partial charge in [0.15, 0.2) is 0 Å². The molecule has 1 aromatic heterocycles. The number of nitrogens with zero attached hydrogens (tertiary/aromatic N) is 2. The Morgan fingerprint density at radius 2 is 2.00 bits per heavy atom. The number of aryl methyl sites for hydroxylation is 2. The number of methoxy groups -OCH3 is 1. The number of nitrogens with one attached hydrogen (secondary N) is 1. The Morgan fingerprint density at radius 1 is 1.25 bits per heavy atom. The Kier molecular flexibility index (Phi) is 4.26. The number of halogens is 1. The van der Waals surface area contributed by atoms with Crippen molar-refractivity contribution in [1.82, 2.24) is 4.98 Å². The second-order valence-corrected chi connectivity index (χ2v) is 5.27. The Bertz CT molecular complexity index is 692. The van der Waals surface area contributed by atoms with E-state index in [4.69, 9.17) is 4.74 Å². The standard InChI is InChI=1S/C15H14BrN3O/c1-9-6-13(12(8-17)10(2)18-9)19-14-7-11(16)4-5-15(14)20-3/h4-7H,1-3H3,(H,18,19). The predicted octanol–water partition coefficient (Wildman–Crippen LogP) is 4.08. The molecule has 0 saturated carbocycles. The zero-order valence-corrected chi connectivity index (χ0v) is 13.1. The van der Waals surface area contributed by atoms with Crippen molar-refractivity contribution in [2.75, 3.05) is 12.4 Å². The van der Waals surface area contributed by atoms with Gasteiger partial charge in [0.05, 0.1) is 29.7 Å². The SMILES string of the molecule is COc1ccc(Br)cc1Nc1cc(C)nc(C)c1C#N. The molecule has 102 valence electrons. The first-order valence-electron chi connectivity index (χ1n) is 6.04. The number of pyridine rings is 1. The van der Waals surface area contributed by atoms with Crippen LogP contribution < -0.4 is 10.1 Å². The van der Waals surface area contributed by atoms with E-state index in [1.807, 2.05) is 38.1 Å². The van der Waals surface area contributed by atoms with Gasteiger partial charge >= 0.3 is 0 Å². The first-order chi connectivity index (χ1) is 9.55. The minimum atomic E-state index is 0.539. The van der Waals surface area contributed by atoms with Crippen molar-refractivity contribution in [3.05, 3.63) is 45.7 Å². The zero-order chi connectivity index (χ0) is 14.7. The number of benzene rings is 1. The van der Waals surface area contributed by atoms with Crippen LogP contribution in [0.5, 0.6) is 5.75 Å². The van der Waals surface area contributed by atoms with Crippen LogP contribution in [0.3, 0.4) is 0 Å². The summed E-state index contributed by atoms with van der Waals surface area (Å²) in [7, 11) is 1.61. The van der Waals surface area contributed by atoms with Crippen molar-refractivity contribution in [3.63, 3.8) is 0 Å². The summed E-state index contributed by atoms with van der Waals surface area (Å²) >= 11 is 3.43. The number of ether oxygens (including phenoxy) is 1. The van der Waals surface area contributed by atoms with Crippen LogP contribution in [-0.4, -0.2) is 12.1 Å². The van der Waals surface area contributed by atoms with Crippen molar-refractivity contribution in [2.45, 2.75) is 13.8 Å².